The summed E-state index contributed by atoms with van der Waals surface area (Å²) in [6, 6.07) is 8.84. The van der Waals surface area contributed by atoms with Gasteiger partial charge in [-0.05, 0) is 55.0 Å². The molecule has 0 radical (unpaired) electrons. The first kappa shape index (κ1) is 16.7. The van der Waals surface area contributed by atoms with Crippen molar-refractivity contribution in [3.63, 3.8) is 0 Å². The summed E-state index contributed by atoms with van der Waals surface area (Å²) in [7, 11) is 0. The average molecular weight is 366 g/mol. The minimum Gasteiger partial charge on any atom is -0.321 e. The zero-order valence-corrected chi connectivity index (χ0v) is 15.1. The zero-order valence-electron chi connectivity index (χ0n) is 14.3. The number of amides is 3. The number of carbonyl (C=O) groups excluding carboxylic acids is 3. The molecule has 0 bridgehead atoms. The average Bonchev–Trinajstić information content (AvgIpc) is 3.26. The van der Waals surface area contributed by atoms with E-state index in [1.807, 2.05) is 30.5 Å². The third-order valence-electron chi connectivity index (χ3n) is 4.97. The lowest BCUT2D eigenvalue weighted by Crippen LogP contribution is -2.31. The highest BCUT2D eigenvalue weighted by molar-refractivity contribution is 7.12. The Hall–Kier alpha value is -2.73. The third-order valence-corrected chi connectivity index (χ3v) is 5.84. The highest BCUT2D eigenvalue weighted by Crippen LogP contribution is 2.38. The van der Waals surface area contributed by atoms with E-state index >= 15 is 0 Å². The molecule has 132 valence electrons. The third kappa shape index (κ3) is 2.76. The number of nitrogens with zero attached hydrogens (tertiary/aromatic N) is 1. The van der Waals surface area contributed by atoms with E-state index in [1.54, 1.807) is 24.3 Å². The van der Waals surface area contributed by atoms with Crippen LogP contribution in [0.25, 0.3) is 0 Å². The van der Waals surface area contributed by atoms with Crippen molar-refractivity contribution >= 4 is 40.4 Å². The highest BCUT2D eigenvalue weighted by atomic mass is 32.1. The maximum absolute atomic E-state index is 12.7. The van der Waals surface area contributed by atoms with Gasteiger partial charge < -0.3 is 5.32 Å². The van der Waals surface area contributed by atoms with Crippen LogP contribution in [0.3, 0.4) is 0 Å². The number of nitrogens with one attached hydrogen (secondary N) is 1. The number of aryl methyl sites for hydroxylation is 1. The lowest BCUT2D eigenvalue weighted by atomic mass is 9.85. The first-order valence-corrected chi connectivity index (χ1v) is 9.42. The number of fused-ring (bicyclic) bond motifs is 1. The number of benzene rings is 1. The molecule has 2 heterocycles. The Morgan fingerprint density at radius 2 is 1.81 bits per heavy atom. The summed E-state index contributed by atoms with van der Waals surface area (Å²) in [5, 5.41) is 4.73. The Morgan fingerprint density at radius 1 is 1.12 bits per heavy atom. The van der Waals surface area contributed by atoms with Gasteiger partial charge in [0.05, 0.1) is 22.4 Å². The summed E-state index contributed by atoms with van der Waals surface area (Å²) in [6.07, 6.45) is 5.20. The Labute approximate surface area is 155 Å². The van der Waals surface area contributed by atoms with Crippen LogP contribution >= 0.6 is 11.3 Å². The van der Waals surface area contributed by atoms with E-state index in [4.69, 9.17) is 0 Å². The van der Waals surface area contributed by atoms with Crippen molar-refractivity contribution in [1.82, 2.24) is 0 Å². The number of carbonyl (C=O) groups is 3. The molecule has 6 heteroatoms. The van der Waals surface area contributed by atoms with Crippen molar-refractivity contribution in [3.8, 4) is 0 Å². The van der Waals surface area contributed by atoms with Gasteiger partial charge in [-0.1, -0.05) is 18.2 Å². The molecule has 4 rings (SSSR count). The maximum Gasteiger partial charge on any atom is 0.265 e. The van der Waals surface area contributed by atoms with Gasteiger partial charge >= 0.3 is 0 Å². The summed E-state index contributed by atoms with van der Waals surface area (Å²) < 4.78 is 0. The van der Waals surface area contributed by atoms with Gasteiger partial charge in [0.15, 0.2) is 0 Å². The number of thiophene rings is 1. The van der Waals surface area contributed by atoms with E-state index in [2.05, 4.69) is 5.32 Å². The molecule has 1 fully saturated rings. The van der Waals surface area contributed by atoms with Gasteiger partial charge in [-0.3, -0.25) is 19.3 Å². The van der Waals surface area contributed by atoms with E-state index in [1.165, 1.54) is 16.2 Å². The Kier molecular flexibility index (Phi) is 4.20. The fraction of sp³-hybridized carbons (Fsp3) is 0.250. The molecule has 2 aromatic rings. The molecular formula is C20H18N2O3S. The highest BCUT2D eigenvalue weighted by Gasteiger charge is 2.47. The van der Waals surface area contributed by atoms with E-state index < -0.39 is 0 Å². The van der Waals surface area contributed by atoms with Crippen LogP contribution in [0.4, 0.5) is 11.4 Å². The van der Waals surface area contributed by atoms with Crippen LogP contribution in [0.15, 0.2) is 47.9 Å². The molecular weight excluding hydrogens is 348 g/mol. The molecule has 2 aliphatic rings. The molecule has 1 saturated heterocycles. The summed E-state index contributed by atoms with van der Waals surface area (Å²) in [5.41, 5.74) is 2.05. The zero-order chi connectivity index (χ0) is 18.3. The van der Waals surface area contributed by atoms with E-state index in [0.29, 0.717) is 29.1 Å². The molecule has 26 heavy (non-hydrogen) atoms. The Morgan fingerprint density at radius 3 is 2.38 bits per heavy atom. The quantitative estimate of drug-likeness (QED) is 0.664. The summed E-state index contributed by atoms with van der Waals surface area (Å²) in [6.45, 7) is 1.85. The summed E-state index contributed by atoms with van der Waals surface area (Å²) >= 11 is 1.38. The van der Waals surface area contributed by atoms with Crippen molar-refractivity contribution in [3.05, 3.63) is 58.3 Å². The van der Waals surface area contributed by atoms with Crippen molar-refractivity contribution < 1.29 is 14.4 Å². The number of hydrogen-bond donors (Lipinski definition) is 1. The van der Waals surface area contributed by atoms with Crippen LogP contribution in [0.5, 0.6) is 0 Å². The molecule has 1 N–H and O–H groups in total. The minimum absolute atomic E-state index is 0.126. The molecule has 1 aliphatic heterocycles. The van der Waals surface area contributed by atoms with Crippen LogP contribution in [0.2, 0.25) is 0 Å². The van der Waals surface area contributed by atoms with Gasteiger partial charge in [-0.2, -0.15) is 0 Å². The second-order valence-corrected chi connectivity index (χ2v) is 7.55. The van der Waals surface area contributed by atoms with Crippen molar-refractivity contribution in [1.29, 1.82) is 0 Å². The maximum atomic E-state index is 12.7. The molecule has 3 amide bonds. The van der Waals surface area contributed by atoms with E-state index in [0.717, 1.165) is 5.56 Å². The smallest absolute Gasteiger partial charge is 0.265 e. The molecule has 1 aromatic carbocycles. The normalized spacial score (nSPS) is 21.8. The lowest BCUT2D eigenvalue weighted by molar-refractivity contribution is -0.122. The number of imide groups is 1. The molecule has 1 aliphatic carbocycles. The second kappa shape index (κ2) is 6.53. The van der Waals surface area contributed by atoms with E-state index in [9.17, 15) is 14.4 Å². The minimum atomic E-state index is -0.244. The predicted octanol–water partition coefficient (Wildman–Crippen LogP) is 3.76. The van der Waals surface area contributed by atoms with Crippen LogP contribution in [-0.2, 0) is 9.59 Å². The van der Waals surface area contributed by atoms with Gasteiger partial charge in [0.2, 0.25) is 11.8 Å². The standard InChI is InChI=1S/C20H18N2O3S/c1-12-11-13(8-9-16(12)21-18(23)17-7-4-10-26-17)22-19(24)14-5-2-3-6-15(14)20(22)25/h2-4,7-11,14-15H,5-6H2,1H3,(H,21,23)/t14-,15+. The molecule has 5 nitrogen and oxygen atoms in total. The van der Waals surface area contributed by atoms with Gasteiger partial charge in [-0.25, -0.2) is 0 Å². The SMILES string of the molecule is Cc1cc(N2C(=O)[C@H]3CC=CC[C@H]3C2=O)ccc1NC(=O)c1cccs1. The van der Waals surface area contributed by atoms with Gasteiger partial charge in [0.1, 0.15) is 0 Å². The predicted molar refractivity (Wildman–Crippen MR) is 101 cm³/mol. The topological polar surface area (TPSA) is 66.5 Å². The number of anilines is 2. The fourth-order valence-corrected chi connectivity index (χ4v) is 4.19. The number of hydrogen-bond acceptors (Lipinski definition) is 4. The fourth-order valence-electron chi connectivity index (χ4n) is 3.57. The summed E-state index contributed by atoms with van der Waals surface area (Å²) in [5.74, 6) is -0.906. The monoisotopic (exact) mass is 366 g/mol. The van der Waals surface area contributed by atoms with Crippen LogP contribution in [0, 0.1) is 18.8 Å². The molecule has 0 unspecified atom stereocenters. The molecule has 0 spiro atoms. The van der Waals surface area contributed by atoms with Gasteiger partial charge in [0, 0.05) is 5.69 Å². The Bertz CT molecular complexity index is 891. The lowest BCUT2D eigenvalue weighted by Gasteiger charge is -2.17. The largest absolute Gasteiger partial charge is 0.321 e. The molecule has 2 atom stereocenters. The van der Waals surface area contributed by atoms with Crippen molar-refractivity contribution in [2.24, 2.45) is 11.8 Å². The van der Waals surface area contributed by atoms with Crippen molar-refractivity contribution in [2.45, 2.75) is 19.8 Å². The van der Waals surface area contributed by atoms with Crippen molar-refractivity contribution in [2.75, 3.05) is 10.2 Å². The van der Waals surface area contributed by atoms with Gasteiger partial charge in [0.25, 0.3) is 5.91 Å². The van der Waals surface area contributed by atoms with E-state index in [-0.39, 0.29) is 29.6 Å². The van der Waals surface area contributed by atoms with Crippen LogP contribution < -0.4 is 10.2 Å². The Balaban J connectivity index is 1.57. The molecule has 1 aromatic heterocycles. The van der Waals surface area contributed by atoms with Gasteiger partial charge in [-0.15, -0.1) is 11.3 Å². The first-order chi connectivity index (χ1) is 12.6. The number of allylic oxidation sites excluding steroid dienone is 2. The molecule has 0 saturated carbocycles. The summed E-state index contributed by atoms with van der Waals surface area (Å²) in [4.78, 5) is 39.5. The number of rotatable bonds is 3. The second-order valence-electron chi connectivity index (χ2n) is 6.60. The first-order valence-electron chi connectivity index (χ1n) is 8.54. The van der Waals surface area contributed by atoms with Crippen LogP contribution in [0.1, 0.15) is 28.1 Å². The van der Waals surface area contributed by atoms with Crippen LogP contribution in [-0.4, -0.2) is 17.7 Å².